The van der Waals surface area contributed by atoms with Crippen LogP contribution >= 0.6 is 11.6 Å². The molecule has 3 aromatic rings. The molecular formula is C20H16ClN3O3. The van der Waals surface area contributed by atoms with Crippen LogP contribution < -0.4 is 16.1 Å². The first-order valence-corrected chi connectivity index (χ1v) is 8.89. The van der Waals surface area contributed by atoms with Crippen molar-refractivity contribution >= 4 is 40.0 Å². The molecule has 4 rings (SSSR count). The SMILES string of the molecule is O=C1CCn2cc(C(=O)NCc3ccc(Cl)cc3)c(=O)c3cccc(c32)N1. The molecule has 27 heavy (non-hydrogen) atoms. The van der Waals surface area contributed by atoms with Crippen LogP contribution in [0.15, 0.2) is 53.5 Å². The number of benzene rings is 2. The fraction of sp³-hybridized carbons (Fsp3) is 0.150. The van der Waals surface area contributed by atoms with E-state index in [0.717, 1.165) is 5.56 Å². The summed E-state index contributed by atoms with van der Waals surface area (Å²) in [6.07, 6.45) is 1.81. The number of carbonyl (C=O) groups is 2. The van der Waals surface area contributed by atoms with Crippen LogP contribution in [0, 0.1) is 0 Å². The second-order valence-corrected chi connectivity index (χ2v) is 6.81. The maximum atomic E-state index is 12.9. The molecule has 0 saturated heterocycles. The van der Waals surface area contributed by atoms with E-state index in [1.54, 1.807) is 34.9 Å². The van der Waals surface area contributed by atoms with Gasteiger partial charge < -0.3 is 15.2 Å². The Morgan fingerprint density at radius 3 is 2.70 bits per heavy atom. The average Bonchev–Trinajstić information content (AvgIpc) is 2.83. The fourth-order valence-electron chi connectivity index (χ4n) is 3.21. The highest BCUT2D eigenvalue weighted by Gasteiger charge is 2.20. The topological polar surface area (TPSA) is 80.2 Å². The lowest BCUT2D eigenvalue weighted by molar-refractivity contribution is -0.116. The number of aryl methyl sites for hydroxylation is 1. The number of nitrogens with one attached hydrogen (secondary N) is 2. The maximum Gasteiger partial charge on any atom is 0.257 e. The van der Waals surface area contributed by atoms with Crippen LogP contribution in [0.25, 0.3) is 10.9 Å². The van der Waals surface area contributed by atoms with Crippen molar-refractivity contribution in [3.05, 3.63) is 75.0 Å². The predicted molar refractivity (Wildman–Crippen MR) is 104 cm³/mol. The average molecular weight is 382 g/mol. The summed E-state index contributed by atoms with van der Waals surface area (Å²) < 4.78 is 1.79. The van der Waals surface area contributed by atoms with Crippen LogP contribution in [-0.4, -0.2) is 16.4 Å². The third-order valence-electron chi connectivity index (χ3n) is 4.56. The molecular weight excluding hydrogens is 366 g/mol. The van der Waals surface area contributed by atoms with Crippen molar-refractivity contribution in [2.24, 2.45) is 0 Å². The summed E-state index contributed by atoms with van der Waals surface area (Å²) in [4.78, 5) is 37.4. The van der Waals surface area contributed by atoms with Crippen molar-refractivity contribution in [2.75, 3.05) is 5.32 Å². The number of pyridine rings is 1. The van der Waals surface area contributed by atoms with Gasteiger partial charge in [0, 0.05) is 36.1 Å². The van der Waals surface area contributed by atoms with E-state index in [1.165, 1.54) is 6.20 Å². The van der Waals surface area contributed by atoms with Gasteiger partial charge in [-0.1, -0.05) is 29.8 Å². The van der Waals surface area contributed by atoms with Crippen molar-refractivity contribution in [2.45, 2.75) is 19.5 Å². The Morgan fingerprint density at radius 2 is 1.93 bits per heavy atom. The Hall–Kier alpha value is -3.12. The number of aromatic nitrogens is 1. The summed E-state index contributed by atoms with van der Waals surface area (Å²) in [7, 11) is 0. The summed E-state index contributed by atoms with van der Waals surface area (Å²) in [5.41, 5.74) is 1.81. The third-order valence-corrected chi connectivity index (χ3v) is 4.81. The van der Waals surface area contributed by atoms with Crippen molar-refractivity contribution in [1.82, 2.24) is 9.88 Å². The molecule has 0 atom stereocenters. The van der Waals surface area contributed by atoms with Gasteiger partial charge in [-0.2, -0.15) is 0 Å². The highest BCUT2D eigenvalue weighted by Crippen LogP contribution is 2.24. The molecule has 136 valence electrons. The first-order chi connectivity index (χ1) is 13.0. The number of nitrogens with zero attached hydrogens (tertiary/aromatic N) is 1. The number of rotatable bonds is 3. The molecule has 2 heterocycles. The third kappa shape index (κ3) is 3.31. The zero-order chi connectivity index (χ0) is 19.0. The van der Waals surface area contributed by atoms with Crippen molar-refractivity contribution in [3.63, 3.8) is 0 Å². The lowest BCUT2D eigenvalue weighted by Gasteiger charge is -2.13. The minimum atomic E-state index is -0.450. The minimum absolute atomic E-state index is 0.0583. The molecule has 1 aliphatic rings. The highest BCUT2D eigenvalue weighted by molar-refractivity contribution is 6.30. The Bertz CT molecular complexity index is 1120. The van der Waals surface area contributed by atoms with E-state index in [9.17, 15) is 14.4 Å². The molecule has 6 nitrogen and oxygen atoms in total. The monoisotopic (exact) mass is 381 g/mol. The number of amides is 2. The largest absolute Gasteiger partial charge is 0.348 e. The second kappa shape index (κ2) is 6.89. The number of hydrogen-bond acceptors (Lipinski definition) is 3. The van der Waals surface area contributed by atoms with Crippen molar-refractivity contribution in [1.29, 1.82) is 0 Å². The predicted octanol–water partition coefficient (Wildman–Crippen LogP) is 2.93. The van der Waals surface area contributed by atoms with E-state index in [-0.39, 0.29) is 29.9 Å². The number of halogens is 1. The van der Waals surface area contributed by atoms with Crippen LogP contribution in [0.1, 0.15) is 22.3 Å². The second-order valence-electron chi connectivity index (χ2n) is 6.37. The summed E-state index contributed by atoms with van der Waals surface area (Å²) >= 11 is 5.86. The van der Waals surface area contributed by atoms with E-state index in [0.29, 0.717) is 28.2 Å². The lowest BCUT2D eigenvalue weighted by atomic mass is 10.1. The van der Waals surface area contributed by atoms with Crippen LogP contribution in [0.3, 0.4) is 0 Å². The zero-order valence-electron chi connectivity index (χ0n) is 14.3. The molecule has 2 amide bonds. The molecule has 7 heteroatoms. The van der Waals surface area contributed by atoms with E-state index in [2.05, 4.69) is 10.6 Å². The van der Waals surface area contributed by atoms with Crippen LogP contribution in [-0.2, 0) is 17.9 Å². The molecule has 2 aromatic carbocycles. The molecule has 1 aliphatic heterocycles. The van der Waals surface area contributed by atoms with Gasteiger partial charge in [-0.25, -0.2) is 0 Å². The Morgan fingerprint density at radius 1 is 1.15 bits per heavy atom. The Labute approximate surface area is 159 Å². The van der Waals surface area contributed by atoms with Gasteiger partial charge >= 0.3 is 0 Å². The molecule has 0 spiro atoms. The molecule has 0 unspecified atom stereocenters. The van der Waals surface area contributed by atoms with Crippen LogP contribution in [0.4, 0.5) is 5.69 Å². The quantitative estimate of drug-likeness (QED) is 0.732. The van der Waals surface area contributed by atoms with Gasteiger partial charge in [0.15, 0.2) is 0 Å². The summed E-state index contributed by atoms with van der Waals surface area (Å²) in [6.45, 7) is 0.685. The van der Waals surface area contributed by atoms with E-state index < -0.39 is 5.91 Å². The van der Waals surface area contributed by atoms with Gasteiger partial charge in [-0.05, 0) is 29.8 Å². The fourth-order valence-corrected chi connectivity index (χ4v) is 3.34. The standard InChI is InChI=1S/C20H16ClN3O3/c21-13-6-4-12(5-7-13)10-22-20(27)15-11-24-9-8-17(25)23-16-3-1-2-14(18(16)24)19(15)26/h1-7,11H,8-10H2,(H,22,27)(H,23,25). The zero-order valence-corrected chi connectivity index (χ0v) is 15.0. The lowest BCUT2D eigenvalue weighted by Crippen LogP contribution is -2.29. The number of hydrogen-bond donors (Lipinski definition) is 2. The Kier molecular flexibility index (Phi) is 4.41. The molecule has 0 radical (unpaired) electrons. The molecule has 0 bridgehead atoms. The molecule has 1 aromatic heterocycles. The van der Waals surface area contributed by atoms with Gasteiger partial charge in [0.2, 0.25) is 11.3 Å². The maximum absolute atomic E-state index is 12.9. The number of para-hydroxylation sites is 1. The van der Waals surface area contributed by atoms with Gasteiger partial charge in [-0.15, -0.1) is 0 Å². The first kappa shape index (κ1) is 17.3. The molecule has 0 fully saturated rings. The summed E-state index contributed by atoms with van der Waals surface area (Å²) in [6, 6.07) is 12.2. The van der Waals surface area contributed by atoms with Crippen molar-refractivity contribution < 1.29 is 9.59 Å². The highest BCUT2D eigenvalue weighted by atomic mass is 35.5. The normalized spacial score (nSPS) is 13.1. The van der Waals surface area contributed by atoms with Gasteiger partial charge in [0.1, 0.15) is 5.56 Å². The van der Waals surface area contributed by atoms with Crippen LogP contribution in [0.5, 0.6) is 0 Å². The number of carbonyl (C=O) groups excluding carboxylic acids is 2. The van der Waals surface area contributed by atoms with Gasteiger partial charge in [-0.3, -0.25) is 14.4 Å². The summed E-state index contributed by atoms with van der Waals surface area (Å²) in [5, 5.41) is 6.60. The number of anilines is 1. The van der Waals surface area contributed by atoms with E-state index >= 15 is 0 Å². The smallest absolute Gasteiger partial charge is 0.257 e. The summed E-state index contributed by atoms with van der Waals surface area (Å²) in [5.74, 6) is -0.568. The van der Waals surface area contributed by atoms with E-state index in [1.807, 2.05) is 12.1 Å². The molecule has 2 N–H and O–H groups in total. The van der Waals surface area contributed by atoms with Crippen molar-refractivity contribution in [3.8, 4) is 0 Å². The Balaban J connectivity index is 1.70. The van der Waals surface area contributed by atoms with E-state index in [4.69, 9.17) is 11.6 Å². The molecule has 0 saturated carbocycles. The van der Waals surface area contributed by atoms with Crippen LogP contribution in [0.2, 0.25) is 5.02 Å². The van der Waals surface area contributed by atoms with Gasteiger partial charge in [0.05, 0.1) is 11.2 Å². The van der Waals surface area contributed by atoms with Gasteiger partial charge in [0.25, 0.3) is 5.91 Å². The first-order valence-electron chi connectivity index (χ1n) is 8.51. The minimum Gasteiger partial charge on any atom is -0.348 e. The molecule has 0 aliphatic carbocycles.